The number of hydrogen-bond acceptors (Lipinski definition) is 6. The lowest BCUT2D eigenvalue weighted by Crippen LogP contribution is -2.13. The summed E-state index contributed by atoms with van der Waals surface area (Å²) in [4.78, 5) is 6.55. The molecule has 3 N–H and O–H groups in total. The molecule has 1 aliphatic rings. The number of rotatable bonds is 3. The first-order valence-corrected chi connectivity index (χ1v) is 7.40. The molecule has 2 aromatic rings. The highest BCUT2D eigenvalue weighted by molar-refractivity contribution is 7.99. The van der Waals surface area contributed by atoms with E-state index in [9.17, 15) is 0 Å². The predicted molar refractivity (Wildman–Crippen MR) is 82.4 cm³/mol. The Morgan fingerprint density at radius 1 is 1.45 bits per heavy atom. The summed E-state index contributed by atoms with van der Waals surface area (Å²) in [6.07, 6.45) is 1.98. The van der Waals surface area contributed by atoms with E-state index in [-0.39, 0.29) is 0 Å². The van der Waals surface area contributed by atoms with Crippen LogP contribution in [-0.4, -0.2) is 22.7 Å². The SMILES string of the molecule is Cn1cc2c(nc1=S)Nc1c(OCCN)cccc1S2. The van der Waals surface area contributed by atoms with Gasteiger partial charge in [-0.1, -0.05) is 17.8 Å². The van der Waals surface area contributed by atoms with Crippen LogP contribution < -0.4 is 15.8 Å². The number of hydrogen-bond donors (Lipinski definition) is 2. The van der Waals surface area contributed by atoms with Gasteiger partial charge in [0.1, 0.15) is 18.2 Å². The Morgan fingerprint density at radius 2 is 2.30 bits per heavy atom. The Morgan fingerprint density at radius 3 is 3.10 bits per heavy atom. The molecule has 0 amide bonds. The van der Waals surface area contributed by atoms with E-state index in [0.717, 1.165) is 27.0 Å². The quantitative estimate of drug-likeness (QED) is 0.725. The van der Waals surface area contributed by atoms with E-state index in [0.29, 0.717) is 17.9 Å². The Bertz CT molecular complexity index is 714. The van der Waals surface area contributed by atoms with Crippen molar-refractivity contribution in [2.45, 2.75) is 9.79 Å². The molecule has 5 nitrogen and oxygen atoms in total. The summed E-state index contributed by atoms with van der Waals surface area (Å²) in [6, 6.07) is 5.94. The number of fused-ring (bicyclic) bond motifs is 2. The highest BCUT2D eigenvalue weighted by Crippen LogP contribution is 2.46. The normalized spacial score (nSPS) is 12.3. The van der Waals surface area contributed by atoms with Gasteiger partial charge in [-0.2, -0.15) is 0 Å². The molecule has 20 heavy (non-hydrogen) atoms. The minimum absolute atomic E-state index is 0.484. The minimum Gasteiger partial charge on any atom is -0.490 e. The van der Waals surface area contributed by atoms with Crippen LogP contribution in [0.4, 0.5) is 11.5 Å². The fraction of sp³-hybridized carbons (Fsp3) is 0.231. The Kier molecular flexibility index (Phi) is 3.64. The van der Waals surface area contributed by atoms with Gasteiger partial charge < -0.3 is 20.4 Å². The predicted octanol–water partition coefficient (Wildman–Crippen LogP) is 2.70. The smallest absolute Gasteiger partial charge is 0.201 e. The zero-order valence-corrected chi connectivity index (χ0v) is 12.6. The number of nitrogens with two attached hydrogens (primary N) is 1. The second-order valence-electron chi connectivity index (χ2n) is 4.34. The Labute approximate surface area is 126 Å². The molecule has 0 saturated heterocycles. The lowest BCUT2D eigenvalue weighted by Gasteiger charge is -2.22. The number of ether oxygens (including phenoxy) is 1. The number of anilines is 2. The number of aryl methyl sites for hydroxylation is 1. The van der Waals surface area contributed by atoms with Crippen LogP contribution in [0, 0.1) is 4.77 Å². The summed E-state index contributed by atoms with van der Waals surface area (Å²) in [6.45, 7) is 0.969. The second kappa shape index (κ2) is 5.43. The molecule has 7 heteroatoms. The van der Waals surface area contributed by atoms with E-state index < -0.39 is 0 Å². The highest BCUT2D eigenvalue weighted by atomic mass is 32.2. The molecule has 0 saturated carbocycles. The Hall–Kier alpha value is -1.57. The summed E-state index contributed by atoms with van der Waals surface area (Å²) >= 11 is 6.84. The third-order valence-electron chi connectivity index (χ3n) is 2.88. The van der Waals surface area contributed by atoms with Gasteiger partial charge in [-0.3, -0.25) is 0 Å². The van der Waals surface area contributed by atoms with Gasteiger partial charge in [0, 0.05) is 24.7 Å². The molecule has 104 valence electrons. The van der Waals surface area contributed by atoms with Gasteiger partial charge in [0.25, 0.3) is 0 Å². The molecule has 1 aliphatic heterocycles. The van der Waals surface area contributed by atoms with Crippen molar-refractivity contribution in [3.8, 4) is 5.75 Å². The Balaban J connectivity index is 2.01. The van der Waals surface area contributed by atoms with Crippen molar-refractivity contribution in [3.05, 3.63) is 29.2 Å². The molecule has 1 aromatic heterocycles. The van der Waals surface area contributed by atoms with Crippen LogP contribution in [0.15, 0.2) is 34.2 Å². The minimum atomic E-state index is 0.484. The summed E-state index contributed by atoms with van der Waals surface area (Å²) in [7, 11) is 1.90. The number of nitrogens with one attached hydrogen (secondary N) is 1. The van der Waals surface area contributed by atoms with Crippen LogP contribution in [0.25, 0.3) is 0 Å². The van der Waals surface area contributed by atoms with Crippen LogP contribution in [0.5, 0.6) is 5.75 Å². The van der Waals surface area contributed by atoms with Crippen LogP contribution in [0.2, 0.25) is 0 Å². The topological polar surface area (TPSA) is 65.1 Å². The number of aromatic nitrogens is 2. The molecule has 3 rings (SSSR count). The summed E-state index contributed by atoms with van der Waals surface area (Å²) < 4.78 is 8.04. The molecule has 0 bridgehead atoms. The van der Waals surface area contributed by atoms with Crippen molar-refractivity contribution >= 4 is 35.5 Å². The average molecular weight is 306 g/mol. The van der Waals surface area contributed by atoms with Crippen LogP contribution >= 0.6 is 24.0 Å². The molecule has 0 radical (unpaired) electrons. The van der Waals surface area contributed by atoms with Gasteiger partial charge in [0.2, 0.25) is 4.77 Å². The van der Waals surface area contributed by atoms with Crippen molar-refractivity contribution in [2.24, 2.45) is 12.8 Å². The molecule has 2 heterocycles. The molecule has 0 spiro atoms. The highest BCUT2D eigenvalue weighted by Gasteiger charge is 2.20. The monoisotopic (exact) mass is 306 g/mol. The molecule has 1 aromatic carbocycles. The van der Waals surface area contributed by atoms with E-state index in [1.807, 2.05) is 36.0 Å². The summed E-state index contributed by atoms with van der Waals surface area (Å²) in [5.41, 5.74) is 6.41. The summed E-state index contributed by atoms with van der Waals surface area (Å²) in [5.74, 6) is 1.56. The van der Waals surface area contributed by atoms with Crippen molar-refractivity contribution in [1.29, 1.82) is 0 Å². The van der Waals surface area contributed by atoms with E-state index in [2.05, 4.69) is 10.3 Å². The van der Waals surface area contributed by atoms with Crippen molar-refractivity contribution in [3.63, 3.8) is 0 Å². The van der Waals surface area contributed by atoms with Gasteiger partial charge >= 0.3 is 0 Å². The fourth-order valence-electron chi connectivity index (χ4n) is 1.93. The van der Waals surface area contributed by atoms with Crippen molar-refractivity contribution in [2.75, 3.05) is 18.5 Å². The average Bonchev–Trinajstić information content (AvgIpc) is 2.44. The zero-order valence-electron chi connectivity index (χ0n) is 10.9. The van der Waals surface area contributed by atoms with Gasteiger partial charge in [-0.15, -0.1) is 0 Å². The van der Waals surface area contributed by atoms with Gasteiger partial charge in [-0.05, 0) is 24.4 Å². The maximum atomic E-state index is 5.66. The number of benzene rings is 1. The first kappa shape index (κ1) is 13.4. The summed E-state index contributed by atoms with van der Waals surface area (Å²) in [5, 5.41) is 3.31. The molecule has 0 fully saturated rings. The molecule has 0 atom stereocenters. The molecular weight excluding hydrogens is 292 g/mol. The van der Waals surface area contributed by atoms with E-state index in [4.69, 9.17) is 22.7 Å². The van der Waals surface area contributed by atoms with Crippen LogP contribution in [0.1, 0.15) is 0 Å². The van der Waals surface area contributed by atoms with Gasteiger partial charge in [-0.25, -0.2) is 4.98 Å². The molecule has 0 unspecified atom stereocenters. The zero-order chi connectivity index (χ0) is 14.1. The maximum Gasteiger partial charge on any atom is 0.201 e. The molecule has 0 aliphatic carbocycles. The first-order valence-electron chi connectivity index (χ1n) is 6.17. The molecular formula is C13H14N4OS2. The van der Waals surface area contributed by atoms with Crippen LogP contribution in [-0.2, 0) is 7.05 Å². The fourth-order valence-corrected chi connectivity index (χ4v) is 3.12. The standard InChI is InChI=1S/C13H14N4OS2/c1-17-7-10-12(16-13(17)19)15-11-8(18-6-5-14)3-2-4-9(11)20-10/h2-4,7H,5-6,14H2,1H3,(H,15,16,19). The number of nitrogens with zero attached hydrogens (tertiary/aromatic N) is 2. The van der Waals surface area contributed by atoms with Crippen molar-refractivity contribution < 1.29 is 4.74 Å². The van der Waals surface area contributed by atoms with E-state index >= 15 is 0 Å². The van der Waals surface area contributed by atoms with Crippen molar-refractivity contribution in [1.82, 2.24) is 9.55 Å². The third-order valence-corrected chi connectivity index (χ3v) is 4.34. The van der Waals surface area contributed by atoms with E-state index in [1.165, 1.54) is 0 Å². The maximum absolute atomic E-state index is 5.66. The van der Waals surface area contributed by atoms with Crippen LogP contribution in [0.3, 0.4) is 0 Å². The third kappa shape index (κ3) is 2.39. The largest absolute Gasteiger partial charge is 0.490 e. The van der Waals surface area contributed by atoms with Gasteiger partial charge in [0.15, 0.2) is 0 Å². The first-order chi connectivity index (χ1) is 9.69. The lowest BCUT2D eigenvalue weighted by molar-refractivity contribution is 0.329. The second-order valence-corrected chi connectivity index (χ2v) is 5.79. The van der Waals surface area contributed by atoms with E-state index in [1.54, 1.807) is 11.8 Å². The lowest BCUT2D eigenvalue weighted by atomic mass is 10.3. The van der Waals surface area contributed by atoms with Gasteiger partial charge in [0.05, 0.1) is 10.6 Å². The number of para-hydroxylation sites is 1.